The van der Waals surface area contributed by atoms with E-state index in [4.69, 9.17) is 4.74 Å². The Morgan fingerprint density at radius 2 is 2.19 bits per heavy atom. The first kappa shape index (κ1) is 10.1. The minimum absolute atomic E-state index is 0.141. The summed E-state index contributed by atoms with van der Waals surface area (Å²) in [4.78, 5) is 0. The van der Waals surface area contributed by atoms with E-state index < -0.39 is 0 Å². The van der Waals surface area contributed by atoms with Crippen LogP contribution in [0.4, 0.5) is 0 Å². The van der Waals surface area contributed by atoms with Crippen molar-refractivity contribution in [1.29, 1.82) is 0 Å². The van der Waals surface area contributed by atoms with Gasteiger partial charge in [-0.05, 0) is 55.6 Å². The van der Waals surface area contributed by atoms with Crippen molar-refractivity contribution < 1.29 is 9.84 Å². The molecule has 1 spiro atoms. The standard InChI is InChI=1S/C13H17NO2/c15-11-3-2-10-9-16-13(12(10)8-11)4-1-6-14-7-5-13/h2-3,8,14-15H,1,4-7,9H2. The third-order valence-corrected chi connectivity index (χ3v) is 3.73. The van der Waals surface area contributed by atoms with E-state index in [2.05, 4.69) is 5.32 Å². The van der Waals surface area contributed by atoms with Crippen molar-refractivity contribution in [3.05, 3.63) is 29.3 Å². The molecule has 1 saturated heterocycles. The second-order valence-corrected chi connectivity index (χ2v) is 4.73. The van der Waals surface area contributed by atoms with Crippen molar-refractivity contribution in [2.24, 2.45) is 0 Å². The number of rotatable bonds is 0. The summed E-state index contributed by atoms with van der Waals surface area (Å²) in [5, 5.41) is 13.0. The van der Waals surface area contributed by atoms with Crippen LogP contribution in [0.5, 0.6) is 5.75 Å². The van der Waals surface area contributed by atoms with Crippen LogP contribution in [0.15, 0.2) is 18.2 Å². The van der Waals surface area contributed by atoms with E-state index in [1.165, 1.54) is 11.1 Å². The number of ether oxygens (including phenoxy) is 1. The summed E-state index contributed by atoms with van der Waals surface area (Å²) in [6, 6.07) is 5.61. The zero-order valence-electron chi connectivity index (χ0n) is 9.33. The highest BCUT2D eigenvalue weighted by molar-refractivity contribution is 5.41. The van der Waals surface area contributed by atoms with Crippen molar-refractivity contribution >= 4 is 0 Å². The Bertz CT molecular complexity index is 395. The predicted molar refractivity (Wildman–Crippen MR) is 61.3 cm³/mol. The van der Waals surface area contributed by atoms with Crippen LogP contribution >= 0.6 is 0 Å². The molecule has 2 aliphatic heterocycles. The van der Waals surface area contributed by atoms with E-state index in [0.717, 1.165) is 32.4 Å². The number of aromatic hydroxyl groups is 1. The second-order valence-electron chi connectivity index (χ2n) is 4.73. The van der Waals surface area contributed by atoms with E-state index in [1.807, 2.05) is 12.1 Å². The van der Waals surface area contributed by atoms with Crippen LogP contribution in [0.2, 0.25) is 0 Å². The van der Waals surface area contributed by atoms with Gasteiger partial charge in [0.05, 0.1) is 12.2 Å². The minimum atomic E-state index is -0.141. The lowest BCUT2D eigenvalue weighted by atomic mass is 9.86. The average Bonchev–Trinajstić information content (AvgIpc) is 2.49. The van der Waals surface area contributed by atoms with Crippen LogP contribution in [0.1, 0.15) is 30.4 Å². The number of nitrogens with one attached hydrogen (secondary N) is 1. The molecular weight excluding hydrogens is 202 g/mol. The molecule has 0 aromatic heterocycles. The zero-order chi connectivity index (χ0) is 11.0. The third kappa shape index (κ3) is 1.51. The lowest BCUT2D eigenvalue weighted by Crippen LogP contribution is -2.26. The summed E-state index contributed by atoms with van der Waals surface area (Å²) < 4.78 is 6.04. The summed E-state index contributed by atoms with van der Waals surface area (Å²) in [6.07, 6.45) is 3.19. The summed E-state index contributed by atoms with van der Waals surface area (Å²) in [6.45, 7) is 2.75. The number of hydrogen-bond donors (Lipinski definition) is 2. The summed E-state index contributed by atoms with van der Waals surface area (Å²) >= 11 is 0. The summed E-state index contributed by atoms with van der Waals surface area (Å²) in [5.41, 5.74) is 2.30. The molecule has 2 heterocycles. The average molecular weight is 219 g/mol. The fraction of sp³-hybridized carbons (Fsp3) is 0.538. The number of fused-ring (bicyclic) bond motifs is 2. The number of phenolic OH excluding ortho intramolecular Hbond substituents is 1. The molecule has 16 heavy (non-hydrogen) atoms. The van der Waals surface area contributed by atoms with Crippen molar-refractivity contribution in [2.75, 3.05) is 13.1 Å². The lowest BCUT2D eigenvalue weighted by Gasteiger charge is -2.27. The van der Waals surface area contributed by atoms with Gasteiger partial charge in [-0.15, -0.1) is 0 Å². The van der Waals surface area contributed by atoms with E-state index >= 15 is 0 Å². The van der Waals surface area contributed by atoms with Crippen molar-refractivity contribution in [1.82, 2.24) is 5.32 Å². The van der Waals surface area contributed by atoms with E-state index in [-0.39, 0.29) is 5.60 Å². The van der Waals surface area contributed by atoms with E-state index in [0.29, 0.717) is 12.4 Å². The highest BCUT2D eigenvalue weighted by Gasteiger charge is 2.40. The quantitative estimate of drug-likeness (QED) is 0.700. The zero-order valence-corrected chi connectivity index (χ0v) is 9.33. The van der Waals surface area contributed by atoms with Crippen LogP contribution in [-0.4, -0.2) is 18.2 Å². The molecule has 2 N–H and O–H groups in total. The van der Waals surface area contributed by atoms with Gasteiger partial charge in [0.25, 0.3) is 0 Å². The lowest BCUT2D eigenvalue weighted by molar-refractivity contribution is -0.0469. The SMILES string of the molecule is Oc1ccc2c(c1)C1(CCCNCC1)OC2. The van der Waals surface area contributed by atoms with Gasteiger partial charge in [0.2, 0.25) is 0 Å². The molecule has 1 aromatic carbocycles. The molecule has 1 atom stereocenters. The Labute approximate surface area is 95.4 Å². The normalized spacial score (nSPS) is 29.0. The number of phenols is 1. The smallest absolute Gasteiger partial charge is 0.115 e. The molecule has 3 heteroatoms. The van der Waals surface area contributed by atoms with Crippen LogP contribution in [0.3, 0.4) is 0 Å². The molecule has 0 bridgehead atoms. The van der Waals surface area contributed by atoms with Gasteiger partial charge in [0, 0.05) is 0 Å². The number of benzene rings is 1. The Morgan fingerprint density at radius 3 is 3.12 bits per heavy atom. The van der Waals surface area contributed by atoms with Gasteiger partial charge in [-0.3, -0.25) is 0 Å². The van der Waals surface area contributed by atoms with Gasteiger partial charge in [-0.1, -0.05) is 6.07 Å². The maximum absolute atomic E-state index is 9.61. The molecule has 0 saturated carbocycles. The van der Waals surface area contributed by atoms with Gasteiger partial charge < -0.3 is 15.2 Å². The minimum Gasteiger partial charge on any atom is -0.508 e. The predicted octanol–water partition coefficient (Wildman–Crippen LogP) is 1.89. The molecule has 0 radical (unpaired) electrons. The highest BCUT2D eigenvalue weighted by Crippen LogP contribution is 2.44. The summed E-state index contributed by atoms with van der Waals surface area (Å²) in [7, 11) is 0. The Hall–Kier alpha value is -1.06. The molecule has 2 aliphatic rings. The Morgan fingerprint density at radius 1 is 1.25 bits per heavy atom. The van der Waals surface area contributed by atoms with Crippen LogP contribution in [0.25, 0.3) is 0 Å². The fourth-order valence-electron chi connectivity index (χ4n) is 2.86. The van der Waals surface area contributed by atoms with Gasteiger partial charge in [0.1, 0.15) is 5.75 Å². The Balaban J connectivity index is 2.02. The first-order chi connectivity index (χ1) is 7.80. The van der Waals surface area contributed by atoms with Crippen LogP contribution in [0, 0.1) is 0 Å². The molecule has 86 valence electrons. The van der Waals surface area contributed by atoms with Gasteiger partial charge in [-0.2, -0.15) is 0 Å². The topological polar surface area (TPSA) is 41.5 Å². The number of hydrogen-bond acceptors (Lipinski definition) is 3. The second kappa shape index (κ2) is 3.75. The highest BCUT2D eigenvalue weighted by atomic mass is 16.5. The monoisotopic (exact) mass is 219 g/mol. The van der Waals surface area contributed by atoms with Crippen LogP contribution in [-0.2, 0) is 16.9 Å². The molecule has 0 aliphatic carbocycles. The van der Waals surface area contributed by atoms with Gasteiger partial charge in [-0.25, -0.2) is 0 Å². The largest absolute Gasteiger partial charge is 0.508 e. The van der Waals surface area contributed by atoms with Crippen molar-refractivity contribution in [2.45, 2.75) is 31.5 Å². The maximum Gasteiger partial charge on any atom is 0.115 e. The van der Waals surface area contributed by atoms with Gasteiger partial charge >= 0.3 is 0 Å². The maximum atomic E-state index is 9.61. The molecule has 0 amide bonds. The molecule has 1 aromatic rings. The van der Waals surface area contributed by atoms with Crippen LogP contribution < -0.4 is 5.32 Å². The Kier molecular flexibility index (Phi) is 2.37. The molecule has 3 rings (SSSR count). The van der Waals surface area contributed by atoms with E-state index in [9.17, 15) is 5.11 Å². The fourth-order valence-corrected chi connectivity index (χ4v) is 2.86. The van der Waals surface area contributed by atoms with Crippen molar-refractivity contribution in [3.63, 3.8) is 0 Å². The molecule has 3 nitrogen and oxygen atoms in total. The third-order valence-electron chi connectivity index (χ3n) is 3.73. The molecular formula is C13H17NO2. The van der Waals surface area contributed by atoms with Gasteiger partial charge in [0.15, 0.2) is 0 Å². The van der Waals surface area contributed by atoms with Crippen molar-refractivity contribution in [3.8, 4) is 5.75 Å². The first-order valence-corrected chi connectivity index (χ1v) is 5.97. The first-order valence-electron chi connectivity index (χ1n) is 5.97. The summed E-state index contributed by atoms with van der Waals surface area (Å²) in [5.74, 6) is 0.348. The molecule has 1 unspecified atom stereocenters. The molecule has 1 fully saturated rings. The van der Waals surface area contributed by atoms with E-state index in [1.54, 1.807) is 6.07 Å².